The summed E-state index contributed by atoms with van der Waals surface area (Å²) in [5.41, 5.74) is 4.08. The molecule has 1 rings (SSSR count). The highest BCUT2D eigenvalue weighted by Gasteiger charge is 2.18. The van der Waals surface area contributed by atoms with Crippen LogP contribution in [0.1, 0.15) is 13.8 Å². The fraction of sp³-hybridized carbons (Fsp3) is 0.250. The molecule has 0 saturated heterocycles. The number of halogens is 3. The molecule has 1 aromatic rings. The van der Waals surface area contributed by atoms with E-state index in [1.807, 2.05) is 32.0 Å². The summed E-state index contributed by atoms with van der Waals surface area (Å²) in [5.74, 6) is -3.25. The van der Waals surface area contributed by atoms with Crippen LogP contribution >= 0.6 is 0 Å². The van der Waals surface area contributed by atoms with Crippen molar-refractivity contribution in [1.82, 2.24) is 9.91 Å². The van der Waals surface area contributed by atoms with E-state index in [9.17, 15) is 13.2 Å². The first-order chi connectivity index (χ1) is 12.3. The zero-order chi connectivity index (χ0) is 19.9. The summed E-state index contributed by atoms with van der Waals surface area (Å²) >= 11 is 0. The fourth-order valence-electron chi connectivity index (χ4n) is 2.44. The van der Waals surface area contributed by atoms with Crippen molar-refractivity contribution in [2.24, 2.45) is 0 Å². The summed E-state index contributed by atoms with van der Waals surface area (Å²) < 4.78 is 41.5. The molecule has 0 aliphatic heterocycles. The van der Waals surface area contributed by atoms with Gasteiger partial charge in [0.2, 0.25) is 0 Å². The molecule has 0 N–H and O–H groups in total. The summed E-state index contributed by atoms with van der Waals surface area (Å²) in [6.07, 6.45) is 8.40. The number of allylic oxidation sites excluding steroid dienone is 3. The van der Waals surface area contributed by atoms with Crippen LogP contribution in [0, 0.1) is 17.5 Å². The normalized spacial score (nSPS) is 12.2. The predicted molar refractivity (Wildman–Crippen MR) is 101 cm³/mol. The summed E-state index contributed by atoms with van der Waals surface area (Å²) in [4.78, 5) is 1.90. The van der Waals surface area contributed by atoms with Gasteiger partial charge in [-0.3, -0.25) is 10.0 Å². The fourth-order valence-corrected chi connectivity index (χ4v) is 2.44. The number of hydrogen-bond acceptors (Lipinski definition) is 3. The number of hydrazine groups is 1. The van der Waals surface area contributed by atoms with Crippen molar-refractivity contribution in [1.29, 1.82) is 0 Å². The second-order valence-corrected chi connectivity index (χ2v) is 5.62. The second kappa shape index (κ2) is 9.59. The topological polar surface area (TPSA) is 9.72 Å². The Hall–Kier alpha value is -2.85. The van der Waals surface area contributed by atoms with Gasteiger partial charge in [0.15, 0.2) is 11.6 Å². The summed E-state index contributed by atoms with van der Waals surface area (Å²) in [6, 6.07) is 1.45. The third-order valence-corrected chi connectivity index (χ3v) is 3.49. The Balaban J connectivity index is 3.48. The van der Waals surface area contributed by atoms with Gasteiger partial charge in [-0.2, -0.15) is 0 Å². The van der Waals surface area contributed by atoms with Gasteiger partial charge in [0.05, 0.1) is 0 Å². The Morgan fingerprint density at radius 2 is 1.77 bits per heavy atom. The molecule has 6 heteroatoms. The van der Waals surface area contributed by atoms with Gasteiger partial charge in [0.25, 0.3) is 0 Å². The Morgan fingerprint density at radius 3 is 2.27 bits per heavy atom. The first-order valence-corrected chi connectivity index (χ1v) is 7.97. The second-order valence-electron chi connectivity index (χ2n) is 5.62. The lowest BCUT2D eigenvalue weighted by Gasteiger charge is -2.31. The molecule has 0 aromatic heterocycles. The zero-order valence-corrected chi connectivity index (χ0v) is 15.7. The third kappa shape index (κ3) is 5.07. The molecule has 0 saturated carbocycles. The van der Waals surface area contributed by atoms with Crippen molar-refractivity contribution >= 4 is 5.69 Å². The largest absolute Gasteiger partial charge is 0.377 e. The highest BCUT2D eigenvalue weighted by molar-refractivity contribution is 5.51. The lowest BCUT2D eigenvalue weighted by atomic mass is 10.1. The molecule has 0 heterocycles. The quantitative estimate of drug-likeness (QED) is 0.293. The van der Waals surface area contributed by atoms with Crippen LogP contribution in [0.25, 0.3) is 0 Å². The standard InChI is InChI=1S/C20H24F3N3/c1-7-10-15(18(9-3)24(4)5)14-25(6)26(11-8-2)19-13-16(21)12-17(22)20(19)23/h8-14H,1H2,2-6H3/b11-8-,15-14-,18-9+. The smallest absolute Gasteiger partial charge is 0.184 e. The average molecular weight is 363 g/mol. The molecule has 0 aliphatic carbocycles. The van der Waals surface area contributed by atoms with Gasteiger partial charge in [0, 0.05) is 56.9 Å². The highest BCUT2D eigenvalue weighted by Crippen LogP contribution is 2.26. The van der Waals surface area contributed by atoms with E-state index in [4.69, 9.17) is 0 Å². The molecule has 0 amide bonds. The van der Waals surface area contributed by atoms with Crippen molar-refractivity contribution in [3.8, 4) is 0 Å². The highest BCUT2D eigenvalue weighted by atomic mass is 19.2. The van der Waals surface area contributed by atoms with Gasteiger partial charge in [-0.25, -0.2) is 13.2 Å². The van der Waals surface area contributed by atoms with E-state index in [0.29, 0.717) is 6.07 Å². The van der Waals surface area contributed by atoms with Crippen LogP contribution in [0.3, 0.4) is 0 Å². The van der Waals surface area contributed by atoms with Gasteiger partial charge in [-0.1, -0.05) is 18.7 Å². The average Bonchev–Trinajstić information content (AvgIpc) is 2.56. The first kappa shape index (κ1) is 21.2. The Kier molecular flexibility index (Phi) is 7.81. The SMILES string of the molecule is C=C=CC(=C/N(C)N(/C=C\C)c1cc(F)cc(F)c1F)/C(=C\C)N(C)C. The van der Waals surface area contributed by atoms with Crippen molar-refractivity contribution in [3.05, 3.63) is 83.8 Å². The van der Waals surface area contributed by atoms with E-state index in [-0.39, 0.29) is 5.69 Å². The molecule has 0 radical (unpaired) electrons. The molecule has 0 fully saturated rings. The van der Waals surface area contributed by atoms with Crippen molar-refractivity contribution < 1.29 is 13.2 Å². The molecule has 0 atom stereocenters. The van der Waals surface area contributed by atoms with Crippen LogP contribution in [-0.2, 0) is 0 Å². The van der Waals surface area contributed by atoms with Crippen LogP contribution in [0.15, 0.2) is 66.3 Å². The minimum atomic E-state index is -1.25. The molecule has 0 aliphatic rings. The zero-order valence-electron chi connectivity index (χ0n) is 15.7. The molecule has 0 bridgehead atoms. The van der Waals surface area contributed by atoms with Crippen molar-refractivity contribution in [3.63, 3.8) is 0 Å². The monoisotopic (exact) mass is 363 g/mol. The number of hydrogen-bond donors (Lipinski definition) is 0. The first-order valence-electron chi connectivity index (χ1n) is 7.97. The van der Waals surface area contributed by atoms with E-state index in [2.05, 4.69) is 12.3 Å². The summed E-state index contributed by atoms with van der Waals surface area (Å²) in [5, 5.41) is 2.83. The number of benzene rings is 1. The van der Waals surface area contributed by atoms with Gasteiger partial charge in [-0.05, 0) is 19.9 Å². The third-order valence-electron chi connectivity index (χ3n) is 3.49. The molecule has 3 nitrogen and oxygen atoms in total. The van der Waals surface area contributed by atoms with E-state index in [0.717, 1.165) is 17.3 Å². The summed E-state index contributed by atoms with van der Waals surface area (Å²) in [6.45, 7) is 7.19. The molecular formula is C20H24F3N3. The Labute approximate surface area is 153 Å². The molecule has 140 valence electrons. The Morgan fingerprint density at radius 1 is 1.12 bits per heavy atom. The van der Waals surface area contributed by atoms with E-state index in [1.165, 1.54) is 16.2 Å². The number of anilines is 1. The van der Waals surface area contributed by atoms with Crippen molar-refractivity contribution in [2.75, 3.05) is 26.2 Å². The predicted octanol–water partition coefficient (Wildman–Crippen LogP) is 4.98. The van der Waals surface area contributed by atoms with Crippen LogP contribution < -0.4 is 5.01 Å². The minimum absolute atomic E-state index is 0.242. The van der Waals surface area contributed by atoms with Crippen LogP contribution in [0.2, 0.25) is 0 Å². The van der Waals surface area contributed by atoms with Crippen LogP contribution in [-0.4, -0.2) is 31.1 Å². The number of likely N-dealkylation sites (N-methyl/N-ethyl adjacent to an activating group) is 1. The number of rotatable bonds is 7. The molecule has 0 unspecified atom stereocenters. The van der Waals surface area contributed by atoms with Gasteiger partial charge >= 0.3 is 0 Å². The van der Waals surface area contributed by atoms with Crippen molar-refractivity contribution in [2.45, 2.75) is 13.8 Å². The van der Waals surface area contributed by atoms with Crippen LogP contribution in [0.5, 0.6) is 0 Å². The van der Waals surface area contributed by atoms with Gasteiger partial charge in [0.1, 0.15) is 11.5 Å². The summed E-state index contributed by atoms with van der Waals surface area (Å²) in [7, 11) is 5.40. The molecule has 26 heavy (non-hydrogen) atoms. The van der Waals surface area contributed by atoms with E-state index >= 15 is 0 Å². The van der Waals surface area contributed by atoms with Gasteiger partial charge in [-0.15, -0.1) is 5.73 Å². The lowest BCUT2D eigenvalue weighted by Crippen LogP contribution is -2.33. The van der Waals surface area contributed by atoms with Gasteiger partial charge < -0.3 is 4.90 Å². The maximum atomic E-state index is 14.2. The minimum Gasteiger partial charge on any atom is -0.377 e. The number of nitrogens with zero attached hydrogens (tertiary/aromatic N) is 3. The molecular weight excluding hydrogens is 339 g/mol. The maximum Gasteiger partial charge on any atom is 0.184 e. The molecule has 0 spiro atoms. The lowest BCUT2D eigenvalue weighted by molar-refractivity contribution is 0.432. The molecule has 1 aromatic carbocycles. The van der Waals surface area contributed by atoms with E-state index < -0.39 is 17.5 Å². The Bertz CT molecular complexity index is 773. The van der Waals surface area contributed by atoms with E-state index in [1.54, 1.807) is 32.3 Å². The van der Waals surface area contributed by atoms with Crippen LogP contribution in [0.4, 0.5) is 18.9 Å². The maximum absolute atomic E-state index is 14.2.